The van der Waals surface area contributed by atoms with Crippen LogP contribution in [-0.4, -0.2) is 47.2 Å². The number of hydrogen-bond donors (Lipinski definition) is 3. The van der Waals surface area contributed by atoms with Crippen LogP contribution in [0.1, 0.15) is 16.8 Å². The summed E-state index contributed by atoms with van der Waals surface area (Å²) >= 11 is 0. The molecule has 3 aromatic rings. The van der Waals surface area contributed by atoms with E-state index in [2.05, 4.69) is 20.8 Å². The summed E-state index contributed by atoms with van der Waals surface area (Å²) in [6.45, 7) is 0.0418. The predicted molar refractivity (Wildman–Crippen MR) is 121 cm³/mol. The number of nitrogens with one attached hydrogen (secondary N) is 3. The van der Waals surface area contributed by atoms with Crippen LogP contribution < -0.4 is 10.8 Å². The smallest absolute Gasteiger partial charge is 0.431 e. The molecular formula is C24H26N4O6. The molecule has 10 heteroatoms. The monoisotopic (exact) mass is 466 g/mol. The van der Waals surface area contributed by atoms with E-state index in [1.807, 2.05) is 60.7 Å². The van der Waals surface area contributed by atoms with Crippen molar-refractivity contribution in [3.63, 3.8) is 0 Å². The number of methoxy groups -OCH3 is 1. The molecule has 1 heterocycles. The second-order valence-electron chi connectivity index (χ2n) is 7.33. The van der Waals surface area contributed by atoms with E-state index in [4.69, 9.17) is 14.3 Å². The lowest BCUT2D eigenvalue weighted by Gasteiger charge is -2.21. The first kappa shape index (κ1) is 24.5. The van der Waals surface area contributed by atoms with Crippen LogP contribution in [0.25, 0.3) is 0 Å². The summed E-state index contributed by atoms with van der Waals surface area (Å²) in [4.78, 5) is 49.6. The summed E-state index contributed by atoms with van der Waals surface area (Å²) < 4.78 is 9.94. The zero-order valence-electron chi connectivity index (χ0n) is 18.6. The minimum absolute atomic E-state index is 0.0418. The summed E-state index contributed by atoms with van der Waals surface area (Å²) in [6.07, 6.45) is 1.31. The van der Waals surface area contributed by atoms with E-state index >= 15 is 0 Å². The largest absolute Gasteiger partial charge is 0.467 e. The fraction of sp³-hybridized carbons (Fsp3) is 0.250. The first-order valence-electron chi connectivity index (χ1n) is 10.6. The predicted octanol–water partition coefficient (Wildman–Crippen LogP) is 2.08. The minimum Gasteiger partial charge on any atom is -0.467 e. The fourth-order valence-corrected chi connectivity index (χ4v) is 3.10. The molecule has 2 atom stereocenters. The number of imidazole rings is 1. The van der Waals surface area contributed by atoms with Crippen molar-refractivity contribution in [2.75, 3.05) is 7.11 Å². The third kappa shape index (κ3) is 7.75. The minimum atomic E-state index is -1.14. The van der Waals surface area contributed by atoms with Gasteiger partial charge in [-0.2, -0.15) is 5.48 Å². The molecule has 2 amide bonds. The van der Waals surface area contributed by atoms with Crippen LogP contribution >= 0.6 is 0 Å². The molecule has 0 aliphatic carbocycles. The lowest BCUT2D eigenvalue weighted by molar-refractivity contribution is -0.148. The van der Waals surface area contributed by atoms with Crippen molar-refractivity contribution in [3.8, 4) is 0 Å². The Morgan fingerprint density at radius 2 is 1.65 bits per heavy atom. The molecule has 0 radical (unpaired) electrons. The van der Waals surface area contributed by atoms with E-state index in [-0.39, 0.29) is 19.4 Å². The number of carbonyl (C=O) groups excluding carboxylic acids is 3. The number of ether oxygens (including phenoxy) is 2. The standard InChI is InChI=1S/C24H26N4O6/c1-32-23(30)20(13-19-14-25-16-26-19)27-22(29)21(12-17-8-4-2-5-9-17)34-28-24(31)33-15-18-10-6-3-7-11-18/h2-11,14,16,20-21H,12-13,15H2,1H3,(H,25,26)(H,27,29)(H,28,31)/t20-,21-/m0/s1. The van der Waals surface area contributed by atoms with Crippen LogP contribution in [0.2, 0.25) is 0 Å². The number of amides is 2. The Hall–Kier alpha value is -4.18. The molecule has 0 spiro atoms. The van der Waals surface area contributed by atoms with Gasteiger partial charge < -0.3 is 19.8 Å². The molecule has 0 bridgehead atoms. The molecule has 178 valence electrons. The van der Waals surface area contributed by atoms with Gasteiger partial charge in [0, 0.05) is 24.7 Å². The highest BCUT2D eigenvalue weighted by atomic mass is 16.7. The first-order chi connectivity index (χ1) is 16.5. The number of nitrogens with zero attached hydrogens (tertiary/aromatic N) is 1. The molecule has 0 saturated carbocycles. The molecule has 34 heavy (non-hydrogen) atoms. The van der Waals surface area contributed by atoms with Gasteiger partial charge >= 0.3 is 12.1 Å². The van der Waals surface area contributed by atoms with Gasteiger partial charge in [0.05, 0.1) is 13.4 Å². The maximum Gasteiger partial charge on any atom is 0.431 e. The van der Waals surface area contributed by atoms with Crippen molar-refractivity contribution in [1.29, 1.82) is 0 Å². The average molecular weight is 466 g/mol. The third-order valence-electron chi connectivity index (χ3n) is 4.83. The third-order valence-corrected chi connectivity index (χ3v) is 4.83. The Balaban J connectivity index is 1.63. The Morgan fingerprint density at radius 1 is 0.971 bits per heavy atom. The van der Waals surface area contributed by atoms with E-state index in [1.54, 1.807) is 6.20 Å². The summed E-state index contributed by atoms with van der Waals surface area (Å²) in [6, 6.07) is 17.3. The Bertz CT molecular complexity index is 1040. The molecule has 1 aromatic heterocycles. The van der Waals surface area contributed by atoms with Gasteiger partial charge in [0.15, 0.2) is 6.10 Å². The van der Waals surface area contributed by atoms with Gasteiger partial charge in [0.1, 0.15) is 12.6 Å². The number of rotatable bonds is 11. The number of esters is 1. The quantitative estimate of drug-likeness (QED) is 0.291. The zero-order chi connectivity index (χ0) is 24.2. The number of hydroxylamine groups is 1. The summed E-state index contributed by atoms with van der Waals surface area (Å²) in [5.74, 6) is -1.24. The topological polar surface area (TPSA) is 132 Å². The number of H-pyrrole nitrogens is 1. The lowest BCUT2D eigenvalue weighted by atomic mass is 10.1. The van der Waals surface area contributed by atoms with Crippen molar-refractivity contribution in [1.82, 2.24) is 20.8 Å². The summed E-state index contributed by atoms with van der Waals surface area (Å²) in [7, 11) is 1.23. The van der Waals surface area contributed by atoms with Crippen LogP contribution in [-0.2, 0) is 43.3 Å². The number of hydrogen-bond acceptors (Lipinski definition) is 7. The second-order valence-corrected chi connectivity index (χ2v) is 7.33. The maximum absolute atomic E-state index is 13.0. The van der Waals surface area contributed by atoms with Gasteiger partial charge in [-0.25, -0.2) is 14.6 Å². The van der Waals surface area contributed by atoms with Crippen molar-refractivity contribution < 1.29 is 28.7 Å². The molecule has 0 aliphatic heterocycles. The lowest BCUT2D eigenvalue weighted by Crippen LogP contribution is -2.50. The maximum atomic E-state index is 13.0. The summed E-state index contributed by atoms with van der Waals surface area (Å²) in [5, 5.41) is 2.63. The highest BCUT2D eigenvalue weighted by Gasteiger charge is 2.28. The molecule has 10 nitrogen and oxygen atoms in total. The van der Waals surface area contributed by atoms with E-state index < -0.39 is 30.1 Å². The number of benzene rings is 2. The van der Waals surface area contributed by atoms with Crippen molar-refractivity contribution >= 4 is 18.0 Å². The zero-order valence-corrected chi connectivity index (χ0v) is 18.6. The van der Waals surface area contributed by atoms with Crippen molar-refractivity contribution in [2.24, 2.45) is 0 Å². The van der Waals surface area contributed by atoms with E-state index in [0.29, 0.717) is 5.69 Å². The van der Waals surface area contributed by atoms with Gasteiger partial charge in [-0.15, -0.1) is 0 Å². The normalized spacial score (nSPS) is 12.3. The second kappa shape index (κ2) is 12.8. The SMILES string of the molecule is COC(=O)[C@H](Cc1cnc[nH]1)NC(=O)[C@H](Cc1ccccc1)ONC(=O)OCc1ccccc1. The molecule has 3 rings (SSSR count). The van der Waals surface area contributed by atoms with E-state index in [0.717, 1.165) is 11.1 Å². The van der Waals surface area contributed by atoms with Crippen LogP contribution in [0.15, 0.2) is 73.2 Å². The number of carbonyl (C=O) groups is 3. The van der Waals surface area contributed by atoms with Crippen molar-refractivity contribution in [2.45, 2.75) is 31.6 Å². The Morgan fingerprint density at radius 3 is 2.26 bits per heavy atom. The molecule has 3 N–H and O–H groups in total. The highest BCUT2D eigenvalue weighted by molar-refractivity contribution is 5.87. The van der Waals surface area contributed by atoms with E-state index in [9.17, 15) is 14.4 Å². The van der Waals surface area contributed by atoms with Gasteiger partial charge in [0.2, 0.25) is 0 Å². The Labute approximate surface area is 196 Å². The van der Waals surface area contributed by atoms with Gasteiger partial charge in [-0.3, -0.25) is 9.63 Å². The van der Waals surface area contributed by atoms with Crippen molar-refractivity contribution in [3.05, 3.63) is 90.0 Å². The number of aromatic nitrogens is 2. The average Bonchev–Trinajstić information content (AvgIpc) is 3.38. The highest BCUT2D eigenvalue weighted by Crippen LogP contribution is 2.08. The van der Waals surface area contributed by atoms with E-state index in [1.165, 1.54) is 13.4 Å². The number of aromatic amines is 1. The fourth-order valence-electron chi connectivity index (χ4n) is 3.10. The molecule has 0 fully saturated rings. The molecule has 2 aromatic carbocycles. The summed E-state index contributed by atoms with van der Waals surface area (Å²) in [5.41, 5.74) is 4.40. The van der Waals surface area contributed by atoms with Crippen LogP contribution in [0.5, 0.6) is 0 Å². The van der Waals surface area contributed by atoms with Crippen LogP contribution in [0.3, 0.4) is 0 Å². The van der Waals surface area contributed by atoms with Gasteiger partial charge in [0.25, 0.3) is 5.91 Å². The molecule has 0 saturated heterocycles. The Kier molecular flexibility index (Phi) is 9.18. The molecule has 0 aliphatic rings. The molecular weight excluding hydrogens is 440 g/mol. The van der Waals surface area contributed by atoms with Gasteiger partial charge in [-0.1, -0.05) is 60.7 Å². The molecule has 0 unspecified atom stereocenters. The van der Waals surface area contributed by atoms with Crippen LogP contribution in [0.4, 0.5) is 4.79 Å². The van der Waals surface area contributed by atoms with Gasteiger partial charge in [-0.05, 0) is 11.1 Å². The first-order valence-corrected chi connectivity index (χ1v) is 10.6. The van der Waals surface area contributed by atoms with Crippen LogP contribution in [0, 0.1) is 0 Å².